The van der Waals surface area contributed by atoms with Gasteiger partial charge in [-0.15, -0.1) is 13.2 Å². The summed E-state index contributed by atoms with van der Waals surface area (Å²) in [6, 6.07) is 9.17. The van der Waals surface area contributed by atoms with Crippen LogP contribution in [0.15, 0.2) is 42.7 Å². The van der Waals surface area contributed by atoms with Gasteiger partial charge in [-0.1, -0.05) is 12.1 Å². The average Bonchev–Trinajstić information content (AvgIpc) is 2.59. The standard InChI is InChI=1S/C17H11F3N4O/c18-17(19,20)25-12-3-1-10(2-4-12)13-7-11(8-21)14(9-22)16-15(13)23-5-6-24-16/h1-7H,8,21H2. The van der Waals surface area contributed by atoms with Gasteiger partial charge in [0.15, 0.2) is 0 Å². The highest BCUT2D eigenvalue weighted by atomic mass is 19.4. The van der Waals surface area contributed by atoms with Gasteiger partial charge in [-0.3, -0.25) is 9.97 Å². The normalized spacial score (nSPS) is 11.3. The van der Waals surface area contributed by atoms with Crippen molar-refractivity contribution >= 4 is 11.0 Å². The molecule has 0 radical (unpaired) electrons. The van der Waals surface area contributed by atoms with Crippen LogP contribution in [0, 0.1) is 11.3 Å². The molecule has 0 saturated carbocycles. The zero-order chi connectivity index (χ0) is 18.0. The van der Waals surface area contributed by atoms with Crippen molar-refractivity contribution < 1.29 is 17.9 Å². The topological polar surface area (TPSA) is 84.8 Å². The number of rotatable bonds is 3. The van der Waals surface area contributed by atoms with Crippen LogP contribution in [0.2, 0.25) is 0 Å². The van der Waals surface area contributed by atoms with Crippen molar-refractivity contribution in [2.75, 3.05) is 0 Å². The van der Waals surface area contributed by atoms with Gasteiger partial charge < -0.3 is 10.5 Å². The third-order valence-corrected chi connectivity index (χ3v) is 3.56. The second kappa shape index (κ2) is 6.37. The maximum Gasteiger partial charge on any atom is 0.573 e. The Bertz CT molecular complexity index is 963. The molecule has 8 heteroatoms. The average molecular weight is 344 g/mol. The molecule has 3 rings (SSSR count). The summed E-state index contributed by atoms with van der Waals surface area (Å²) in [7, 11) is 0. The molecule has 1 heterocycles. The predicted octanol–water partition coefficient (Wildman–Crippen LogP) is 3.53. The van der Waals surface area contributed by atoms with Crippen molar-refractivity contribution in [3.8, 4) is 22.9 Å². The number of nitrogens with two attached hydrogens (primary N) is 1. The van der Waals surface area contributed by atoms with Gasteiger partial charge >= 0.3 is 6.36 Å². The van der Waals surface area contributed by atoms with Crippen LogP contribution in [0.25, 0.3) is 22.2 Å². The van der Waals surface area contributed by atoms with E-state index in [1.807, 2.05) is 0 Å². The first-order chi connectivity index (χ1) is 11.9. The number of benzene rings is 2. The summed E-state index contributed by atoms with van der Waals surface area (Å²) >= 11 is 0. The number of halogens is 3. The van der Waals surface area contributed by atoms with Crippen molar-refractivity contribution in [2.45, 2.75) is 12.9 Å². The molecular weight excluding hydrogens is 333 g/mol. The number of ether oxygens (including phenoxy) is 1. The summed E-state index contributed by atoms with van der Waals surface area (Å²) in [5.74, 6) is -0.320. The number of fused-ring (bicyclic) bond motifs is 1. The highest BCUT2D eigenvalue weighted by Gasteiger charge is 2.31. The summed E-state index contributed by atoms with van der Waals surface area (Å²) in [5, 5.41) is 9.36. The smallest absolute Gasteiger partial charge is 0.406 e. The first kappa shape index (κ1) is 16.7. The van der Waals surface area contributed by atoms with Crippen LogP contribution in [0.3, 0.4) is 0 Å². The number of nitrogens with zero attached hydrogens (tertiary/aromatic N) is 3. The van der Waals surface area contributed by atoms with Gasteiger partial charge in [0, 0.05) is 24.5 Å². The number of alkyl halides is 3. The Morgan fingerprint density at radius 2 is 1.72 bits per heavy atom. The minimum atomic E-state index is -4.75. The maximum absolute atomic E-state index is 12.3. The quantitative estimate of drug-likeness (QED) is 0.786. The second-order valence-corrected chi connectivity index (χ2v) is 5.10. The Hall–Kier alpha value is -3.18. The molecule has 2 aromatic carbocycles. The van der Waals surface area contributed by atoms with Crippen LogP contribution in [-0.2, 0) is 6.54 Å². The van der Waals surface area contributed by atoms with Crippen LogP contribution in [0.5, 0.6) is 5.75 Å². The van der Waals surface area contributed by atoms with Gasteiger partial charge in [-0.05, 0) is 29.3 Å². The molecular formula is C17H11F3N4O. The van der Waals surface area contributed by atoms with Gasteiger partial charge in [0.1, 0.15) is 17.3 Å². The molecule has 0 unspecified atom stereocenters. The summed E-state index contributed by atoms with van der Waals surface area (Å²) in [6.07, 6.45) is -1.80. The molecule has 0 aliphatic heterocycles. The van der Waals surface area contributed by atoms with Crippen molar-refractivity contribution in [1.29, 1.82) is 5.26 Å². The van der Waals surface area contributed by atoms with E-state index in [-0.39, 0.29) is 12.3 Å². The molecule has 0 bridgehead atoms. The van der Waals surface area contributed by atoms with Crippen molar-refractivity contribution in [3.05, 3.63) is 53.9 Å². The minimum Gasteiger partial charge on any atom is -0.406 e. The van der Waals surface area contributed by atoms with E-state index < -0.39 is 6.36 Å². The number of aromatic nitrogens is 2. The molecule has 0 atom stereocenters. The predicted molar refractivity (Wildman–Crippen MR) is 84.3 cm³/mol. The van der Waals surface area contributed by atoms with Crippen molar-refractivity contribution in [2.24, 2.45) is 5.73 Å². The van der Waals surface area contributed by atoms with E-state index in [9.17, 15) is 18.4 Å². The Morgan fingerprint density at radius 3 is 2.28 bits per heavy atom. The fraction of sp³-hybridized carbons (Fsp3) is 0.118. The SMILES string of the molecule is N#Cc1c(CN)cc(-c2ccc(OC(F)(F)F)cc2)c2nccnc12. The van der Waals surface area contributed by atoms with E-state index in [4.69, 9.17) is 5.73 Å². The fourth-order valence-corrected chi connectivity index (χ4v) is 2.53. The molecule has 0 saturated heterocycles. The molecule has 0 spiro atoms. The lowest BCUT2D eigenvalue weighted by atomic mass is 9.96. The van der Waals surface area contributed by atoms with Crippen LogP contribution in [0.1, 0.15) is 11.1 Å². The largest absolute Gasteiger partial charge is 0.573 e. The highest BCUT2D eigenvalue weighted by molar-refractivity contribution is 5.95. The summed E-state index contributed by atoms with van der Waals surface area (Å²) in [4.78, 5) is 8.46. The number of nitriles is 1. The minimum absolute atomic E-state index is 0.123. The molecule has 126 valence electrons. The van der Waals surface area contributed by atoms with Crippen molar-refractivity contribution in [3.63, 3.8) is 0 Å². The van der Waals surface area contributed by atoms with Crippen LogP contribution in [0.4, 0.5) is 13.2 Å². The van der Waals surface area contributed by atoms with Crippen molar-refractivity contribution in [1.82, 2.24) is 9.97 Å². The van der Waals surface area contributed by atoms with E-state index in [1.165, 1.54) is 36.7 Å². The van der Waals surface area contributed by atoms with Gasteiger partial charge in [-0.2, -0.15) is 5.26 Å². The highest BCUT2D eigenvalue weighted by Crippen LogP contribution is 2.32. The Kier molecular flexibility index (Phi) is 4.25. The van der Waals surface area contributed by atoms with E-state index in [0.29, 0.717) is 33.3 Å². The molecule has 2 N–H and O–H groups in total. The van der Waals surface area contributed by atoms with Gasteiger partial charge in [0.25, 0.3) is 0 Å². The monoisotopic (exact) mass is 344 g/mol. The Balaban J connectivity index is 2.14. The third-order valence-electron chi connectivity index (χ3n) is 3.56. The van der Waals surface area contributed by atoms with E-state index in [0.717, 1.165) is 0 Å². The molecule has 0 fully saturated rings. The van der Waals surface area contributed by atoms with Crippen LogP contribution >= 0.6 is 0 Å². The lowest BCUT2D eigenvalue weighted by Crippen LogP contribution is -2.16. The summed E-state index contributed by atoms with van der Waals surface area (Å²) in [5.41, 5.74) is 8.75. The second-order valence-electron chi connectivity index (χ2n) is 5.10. The molecule has 1 aromatic heterocycles. The fourth-order valence-electron chi connectivity index (χ4n) is 2.53. The van der Waals surface area contributed by atoms with Crippen LogP contribution in [-0.4, -0.2) is 16.3 Å². The number of hydrogen-bond donors (Lipinski definition) is 1. The van der Waals surface area contributed by atoms with Gasteiger partial charge in [0.05, 0.1) is 11.1 Å². The lowest BCUT2D eigenvalue weighted by molar-refractivity contribution is -0.274. The molecule has 0 aliphatic rings. The lowest BCUT2D eigenvalue weighted by Gasteiger charge is -2.12. The van der Waals surface area contributed by atoms with Crippen LogP contribution < -0.4 is 10.5 Å². The first-order valence-corrected chi connectivity index (χ1v) is 7.16. The zero-order valence-electron chi connectivity index (χ0n) is 12.7. The van der Waals surface area contributed by atoms with Gasteiger partial charge in [-0.25, -0.2) is 0 Å². The molecule has 0 amide bonds. The Morgan fingerprint density at radius 1 is 1.08 bits per heavy atom. The first-order valence-electron chi connectivity index (χ1n) is 7.16. The van der Waals surface area contributed by atoms with E-state index >= 15 is 0 Å². The molecule has 5 nitrogen and oxygen atoms in total. The summed E-state index contributed by atoms with van der Waals surface area (Å²) < 4.78 is 40.7. The van der Waals surface area contributed by atoms with E-state index in [2.05, 4.69) is 20.8 Å². The Labute approximate surface area is 140 Å². The molecule has 25 heavy (non-hydrogen) atoms. The van der Waals surface area contributed by atoms with E-state index in [1.54, 1.807) is 6.07 Å². The molecule has 0 aliphatic carbocycles. The zero-order valence-corrected chi connectivity index (χ0v) is 12.7. The summed E-state index contributed by atoms with van der Waals surface area (Å²) in [6.45, 7) is 0.123. The third kappa shape index (κ3) is 3.36. The molecule has 3 aromatic rings. The van der Waals surface area contributed by atoms with Gasteiger partial charge in [0.2, 0.25) is 0 Å². The number of hydrogen-bond acceptors (Lipinski definition) is 5. The maximum atomic E-state index is 12.3.